The zero-order valence-corrected chi connectivity index (χ0v) is 9.90. The highest BCUT2D eigenvalue weighted by atomic mass is 16.7. The van der Waals surface area contributed by atoms with E-state index in [-0.39, 0.29) is 17.3 Å². The van der Waals surface area contributed by atoms with Crippen LogP contribution in [0.25, 0.3) is 0 Å². The molecule has 0 spiro atoms. The summed E-state index contributed by atoms with van der Waals surface area (Å²) >= 11 is 0. The first-order valence-electron chi connectivity index (χ1n) is 5.55. The van der Waals surface area contributed by atoms with Crippen molar-refractivity contribution in [2.75, 3.05) is 0 Å². The molecule has 1 saturated carbocycles. The Hall–Kier alpha value is -1.32. The van der Waals surface area contributed by atoms with Gasteiger partial charge in [0.1, 0.15) is 6.26 Å². The Kier molecular flexibility index (Phi) is 2.52. The quantitative estimate of drug-likeness (QED) is 0.674. The predicted molar refractivity (Wildman–Crippen MR) is 59.7 cm³/mol. The van der Waals surface area contributed by atoms with Crippen molar-refractivity contribution in [2.45, 2.75) is 39.4 Å². The fourth-order valence-corrected chi connectivity index (χ4v) is 1.46. The van der Waals surface area contributed by atoms with Crippen LogP contribution in [0.3, 0.4) is 0 Å². The van der Waals surface area contributed by atoms with Crippen LogP contribution < -0.4 is 0 Å². The second-order valence-electron chi connectivity index (χ2n) is 5.29. The third-order valence-electron chi connectivity index (χ3n) is 2.84. The van der Waals surface area contributed by atoms with Gasteiger partial charge in [0.15, 0.2) is 0 Å². The number of nitrogens with zero attached hydrogens (tertiary/aromatic N) is 1. The van der Waals surface area contributed by atoms with Crippen LogP contribution in [0.15, 0.2) is 17.5 Å². The molecule has 0 saturated heterocycles. The van der Waals surface area contributed by atoms with E-state index in [9.17, 15) is 4.79 Å². The van der Waals surface area contributed by atoms with Gasteiger partial charge in [-0.15, -0.1) is 0 Å². The lowest BCUT2D eigenvalue weighted by Gasteiger charge is -2.40. The first-order valence-corrected chi connectivity index (χ1v) is 5.55. The molecule has 0 aromatic heterocycles. The number of hydrogen-bond acceptors (Lipinski definition) is 4. The van der Waals surface area contributed by atoms with Gasteiger partial charge in [0.25, 0.3) is 5.79 Å². The Morgan fingerprint density at radius 1 is 1.50 bits per heavy atom. The lowest BCUT2D eigenvalue weighted by Crippen LogP contribution is -2.50. The molecule has 1 unspecified atom stereocenters. The van der Waals surface area contributed by atoms with Crippen LogP contribution in [0.5, 0.6) is 0 Å². The molecule has 1 atom stereocenters. The summed E-state index contributed by atoms with van der Waals surface area (Å²) in [6.45, 7) is 5.87. The van der Waals surface area contributed by atoms with Crippen molar-refractivity contribution in [2.24, 2.45) is 16.3 Å². The predicted octanol–water partition coefficient (Wildman–Crippen LogP) is 2.25. The average molecular weight is 223 g/mol. The minimum Gasteiger partial charge on any atom is -0.453 e. The largest absolute Gasteiger partial charge is 0.453 e. The standard InChI is InChI=1S/C12H17NO3/c1-11(2,3)12(8-13-6-7-15-12)16-10(14)9-4-5-9/h6-9H,4-5H2,1-3H3. The highest BCUT2D eigenvalue weighted by molar-refractivity contribution is 5.80. The van der Waals surface area contributed by atoms with E-state index in [2.05, 4.69) is 4.99 Å². The van der Waals surface area contributed by atoms with Crippen LogP contribution in [-0.2, 0) is 14.3 Å². The van der Waals surface area contributed by atoms with Gasteiger partial charge in [-0.3, -0.25) is 9.79 Å². The van der Waals surface area contributed by atoms with Gasteiger partial charge in [-0.05, 0) is 12.8 Å². The van der Waals surface area contributed by atoms with E-state index in [0.717, 1.165) is 12.8 Å². The van der Waals surface area contributed by atoms with Crippen molar-refractivity contribution < 1.29 is 14.3 Å². The molecule has 0 aromatic carbocycles. The maximum absolute atomic E-state index is 11.7. The Balaban J connectivity index is 2.17. The molecule has 0 N–H and O–H groups in total. The summed E-state index contributed by atoms with van der Waals surface area (Å²) in [7, 11) is 0. The van der Waals surface area contributed by atoms with Gasteiger partial charge >= 0.3 is 5.97 Å². The second kappa shape index (κ2) is 3.61. The molecular formula is C12H17NO3. The summed E-state index contributed by atoms with van der Waals surface area (Å²) in [6.07, 6.45) is 6.41. The van der Waals surface area contributed by atoms with Crippen LogP contribution >= 0.6 is 0 Å². The third-order valence-corrected chi connectivity index (χ3v) is 2.84. The molecule has 4 nitrogen and oxygen atoms in total. The fraction of sp³-hybridized carbons (Fsp3) is 0.667. The van der Waals surface area contributed by atoms with Crippen molar-refractivity contribution in [1.82, 2.24) is 0 Å². The number of aliphatic imine (C=N–C) groups is 1. The van der Waals surface area contributed by atoms with E-state index in [0.29, 0.717) is 0 Å². The van der Waals surface area contributed by atoms with E-state index < -0.39 is 5.79 Å². The Labute approximate surface area is 95.3 Å². The first kappa shape index (κ1) is 11.2. The lowest BCUT2D eigenvalue weighted by molar-refractivity contribution is -0.216. The fourth-order valence-electron chi connectivity index (χ4n) is 1.46. The topological polar surface area (TPSA) is 47.9 Å². The van der Waals surface area contributed by atoms with Gasteiger partial charge in [-0.1, -0.05) is 20.8 Å². The van der Waals surface area contributed by atoms with Gasteiger partial charge < -0.3 is 9.47 Å². The van der Waals surface area contributed by atoms with Crippen molar-refractivity contribution in [3.8, 4) is 0 Å². The van der Waals surface area contributed by atoms with Crippen LogP contribution in [0, 0.1) is 11.3 Å². The van der Waals surface area contributed by atoms with Crippen molar-refractivity contribution in [3.05, 3.63) is 12.5 Å². The number of carbonyl (C=O) groups is 1. The molecule has 1 aliphatic carbocycles. The highest BCUT2D eigenvalue weighted by Crippen LogP contribution is 2.39. The van der Waals surface area contributed by atoms with Crippen molar-refractivity contribution in [3.63, 3.8) is 0 Å². The maximum atomic E-state index is 11.7. The van der Waals surface area contributed by atoms with Crippen molar-refractivity contribution in [1.29, 1.82) is 0 Å². The van der Waals surface area contributed by atoms with E-state index >= 15 is 0 Å². The lowest BCUT2D eigenvalue weighted by atomic mass is 9.85. The van der Waals surface area contributed by atoms with Crippen LogP contribution in [-0.4, -0.2) is 18.0 Å². The molecule has 1 fully saturated rings. The van der Waals surface area contributed by atoms with Crippen LogP contribution in [0.1, 0.15) is 33.6 Å². The Morgan fingerprint density at radius 3 is 2.62 bits per heavy atom. The highest BCUT2D eigenvalue weighted by Gasteiger charge is 2.49. The second-order valence-corrected chi connectivity index (χ2v) is 5.29. The monoisotopic (exact) mass is 223 g/mol. The summed E-state index contributed by atoms with van der Waals surface area (Å²) in [6, 6.07) is 0. The van der Waals surface area contributed by atoms with E-state index in [4.69, 9.17) is 9.47 Å². The Bertz CT molecular complexity index is 350. The number of esters is 1. The smallest absolute Gasteiger partial charge is 0.312 e. The van der Waals surface area contributed by atoms with E-state index in [1.54, 1.807) is 6.21 Å². The first-order chi connectivity index (χ1) is 7.45. The average Bonchev–Trinajstić information content (AvgIpc) is 3.00. The third kappa shape index (κ3) is 1.96. The summed E-state index contributed by atoms with van der Waals surface area (Å²) in [4.78, 5) is 15.8. The molecule has 2 rings (SSSR count). The SMILES string of the molecule is CC(C)(C)C1(OC(=O)C2CC2)C=NC=CO1. The molecule has 1 heterocycles. The molecular weight excluding hydrogens is 206 g/mol. The molecule has 1 aliphatic heterocycles. The number of hydrogen-bond donors (Lipinski definition) is 0. The maximum Gasteiger partial charge on any atom is 0.312 e. The summed E-state index contributed by atoms with van der Waals surface area (Å²) in [5.41, 5.74) is -0.355. The minimum absolute atomic E-state index is 0.0575. The zero-order valence-electron chi connectivity index (χ0n) is 9.90. The zero-order chi connectivity index (χ0) is 11.8. The number of rotatable bonds is 2. The van der Waals surface area contributed by atoms with Crippen LogP contribution in [0.4, 0.5) is 0 Å². The summed E-state index contributed by atoms with van der Waals surface area (Å²) in [5, 5.41) is 0. The summed E-state index contributed by atoms with van der Waals surface area (Å²) < 4.78 is 11.0. The van der Waals surface area contributed by atoms with E-state index in [1.165, 1.54) is 12.5 Å². The molecule has 0 aromatic rings. The van der Waals surface area contributed by atoms with E-state index in [1.807, 2.05) is 20.8 Å². The van der Waals surface area contributed by atoms with Gasteiger partial charge in [0.2, 0.25) is 0 Å². The molecule has 0 radical (unpaired) electrons. The molecule has 16 heavy (non-hydrogen) atoms. The molecule has 4 heteroatoms. The molecule has 88 valence electrons. The van der Waals surface area contributed by atoms with Gasteiger partial charge in [-0.25, -0.2) is 0 Å². The van der Waals surface area contributed by atoms with Gasteiger partial charge in [0.05, 0.1) is 18.3 Å². The molecule has 0 bridgehead atoms. The van der Waals surface area contributed by atoms with Gasteiger partial charge in [0, 0.05) is 5.41 Å². The summed E-state index contributed by atoms with van der Waals surface area (Å²) in [5.74, 6) is -1.19. The number of ether oxygens (including phenoxy) is 2. The minimum atomic E-state index is -1.07. The Morgan fingerprint density at radius 2 is 2.19 bits per heavy atom. The van der Waals surface area contributed by atoms with Crippen molar-refractivity contribution >= 4 is 12.2 Å². The van der Waals surface area contributed by atoms with Crippen LogP contribution in [0.2, 0.25) is 0 Å². The molecule has 2 aliphatic rings. The number of carbonyl (C=O) groups excluding carboxylic acids is 1. The normalized spacial score (nSPS) is 28.7. The van der Waals surface area contributed by atoms with Gasteiger partial charge in [-0.2, -0.15) is 0 Å². The molecule has 0 amide bonds.